The molecule has 0 aliphatic carbocycles. The fourth-order valence-corrected chi connectivity index (χ4v) is 3.95. The number of para-hydroxylation sites is 1. The van der Waals surface area contributed by atoms with Crippen LogP contribution in [0.25, 0.3) is 0 Å². The topological polar surface area (TPSA) is 72.1 Å². The second kappa shape index (κ2) is 9.15. The van der Waals surface area contributed by atoms with E-state index in [1.807, 2.05) is 36.4 Å². The summed E-state index contributed by atoms with van der Waals surface area (Å²) in [6.07, 6.45) is -0.102. The fourth-order valence-electron chi connectivity index (χ4n) is 3.95. The predicted molar refractivity (Wildman–Crippen MR) is 109 cm³/mol. The molecule has 7 heteroatoms. The lowest BCUT2D eigenvalue weighted by Gasteiger charge is -2.41. The quantitative estimate of drug-likeness (QED) is 0.784. The van der Waals surface area contributed by atoms with E-state index < -0.39 is 0 Å². The molecular formula is C22H27N3O4. The van der Waals surface area contributed by atoms with Gasteiger partial charge in [0.2, 0.25) is 6.79 Å². The number of nitrogens with zero attached hydrogens (tertiary/aromatic N) is 1. The lowest BCUT2D eigenvalue weighted by atomic mass is 9.98. The van der Waals surface area contributed by atoms with Crippen LogP contribution in [-0.4, -0.2) is 50.1 Å². The van der Waals surface area contributed by atoms with E-state index in [9.17, 15) is 4.79 Å². The van der Waals surface area contributed by atoms with Crippen molar-refractivity contribution in [1.82, 2.24) is 15.5 Å². The van der Waals surface area contributed by atoms with Crippen molar-refractivity contribution in [3.63, 3.8) is 0 Å². The minimum Gasteiger partial charge on any atom is -0.454 e. The van der Waals surface area contributed by atoms with Crippen molar-refractivity contribution < 1.29 is 19.0 Å². The van der Waals surface area contributed by atoms with Crippen LogP contribution in [0.3, 0.4) is 0 Å². The van der Waals surface area contributed by atoms with Crippen LogP contribution >= 0.6 is 0 Å². The summed E-state index contributed by atoms with van der Waals surface area (Å²) >= 11 is 0. The number of likely N-dealkylation sites (N-methyl/N-ethyl adjacent to an activating group) is 1. The smallest absolute Gasteiger partial charge is 0.315 e. The molecule has 2 atom stereocenters. The van der Waals surface area contributed by atoms with Gasteiger partial charge in [-0.15, -0.1) is 0 Å². The lowest BCUT2D eigenvalue weighted by Crippen LogP contribution is -2.50. The summed E-state index contributed by atoms with van der Waals surface area (Å²) in [5.41, 5.74) is 2.10. The number of ether oxygens (including phenoxy) is 3. The Kier molecular flexibility index (Phi) is 6.17. The molecule has 1 saturated heterocycles. The van der Waals surface area contributed by atoms with Crippen molar-refractivity contribution in [2.75, 3.05) is 33.0 Å². The Morgan fingerprint density at radius 2 is 1.97 bits per heavy atom. The monoisotopic (exact) mass is 397 g/mol. The minimum atomic E-state index is -0.231. The summed E-state index contributed by atoms with van der Waals surface area (Å²) in [4.78, 5) is 14.8. The molecule has 4 rings (SSSR count). The van der Waals surface area contributed by atoms with E-state index in [2.05, 4.69) is 34.6 Å². The molecule has 0 unspecified atom stereocenters. The van der Waals surface area contributed by atoms with Crippen LogP contribution in [0.1, 0.15) is 24.1 Å². The second-order valence-electron chi connectivity index (χ2n) is 7.11. The Morgan fingerprint density at radius 3 is 2.79 bits per heavy atom. The molecule has 2 aromatic rings. The molecule has 0 saturated carbocycles. The maximum absolute atomic E-state index is 12.4. The minimum absolute atomic E-state index is 0.102. The van der Waals surface area contributed by atoms with Gasteiger partial charge >= 0.3 is 6.03 Å². The highest BCUT2D eigenvalue weighted by atomic mass is 16.7. The molecule has 29 heavy (non-hydrogen) atoms. The molecule has 1 fully saturated rings. The van der Waals surface area contributed by atoms with Crippen LogP contribution < -0.4 is 20.1 Å². The van der Waals surface area contributed by atoms with E-state index in [1.54, 1.807) is 0 Å². The Hall–Kier alpha value is -2.77. The number of carbonyl (C=O) groups is 1. The number of morpholine rings is 1. The van der Waals surface area contributed by atoms with E-state index in [0.29, 0.717) is 31.2 Å². The SMILES string of the molecule is CCN1CCO[C@@H](CNC(=O)NCc2cccc3c2OCO3)[C@@H]1c1ccccc1. The summed E-state index contributed by atoms with van der Waals surface area (Å²) < 4.78 is 16.9. The number of urea groups is 1. The van der Waals surface area contributed by atoms with E-state index in [-0.39, 0.29) is 25.0 Å². The van der Waals surface area contributed by atoms with Crippen LogP contribution in [0.15, 0.2) is 48.5 Å². The van der Waals surface area contributed by atoms with E-state index in [1.165, 1.54) is 5.56 Å². The average Bonchev–Trinajstić information content (AvgIpc) is 3.26. The summed E-state index contributed by atoms with van der Waals surface area (Å²) in [5, 5.41) is 5.85. The van der Waals surface area contributed by atoms with E-state index in [0.717, 1.165) is 18.7 Å². The number of benzene rings is 2. The van der Waals surface area contributed by atoms with Gasteiger partial charge in [0.1, 0.15) is 0 Å². The molecule has 2 amide bonds. The van der Waals surface area contributed by atoms with Crippen molar-refractivity contribution in [2.45, 2.75) is 25.6 Å². The lowest BCUT2D eigenvalue weighted by molar-refractivity contribution is -0.0681. The highest BCUT2D eigenvalue weighted by molar-refractivity contribution is 5.74. The van der Waals surface area contributed by atoms with Crippen LogP contribution in [0.2, 0.25) is 0 Å². The van der Waals surface area contributed by atoms with Crippen molar-refractivity contribution in [3.05, 3.63) is 59.7 Å². The predicted octanol–water partition coefficient (Wildman–Crippen LogP) is 2.68. The molecule has 2 aliphatic rings. The molecule has 2 aliphatic heterocycles. The molecule has 0 spiro atoms. The first-order chi connectivity index (χ1) is 14.3. The van der Waals surface area contributed by atoms with Crippen LogP contribution in [0.5, 0.6) is 11.5 Å². The number of fused-ring (bicyclic) bond motifs is 1. The highest BCUT2D eigenvalue weighted by Gasteiger charge is 2.32. The number of nitrogens with one attached hydrogen (secondary N) is 2. The Balaban J connectivity index is 1.34. The molecule has 2 aromatic carbocycles. The van der Waals surface area contributed by atoms with Gasteiger partial charge in [-0.2, -0.15) is 0 Å². The Morgan fingerprint density at radius 1 is 1.10 bits per heavy atom. The van der Waals surface area contributed by atoms with Gasteiger partial charge in [-0.3, -0.25) is 4.90 Å². The van der Waals surface area contributed by atoms with Gasteiger partial charge in [0.05, 0.1) is 18.8 Å². The molecule has 0 bridgehead atoms. The maximum Gasteiger partial charge on any atom is 0.315 e. The van der Waals surface area contributed by atoms with Crippen LogP contribution in [-0.2, 0) is 11.3 Å². The first-order valence-corrected chi connectivity index (χ1v) is 10.1. The van der Waals surface area contributed by atoms with Gasteiger partial charge < -0.3 is 24.8 Å². The number of hydrogen-bond acceptors (Lipinski definition) is 5. The van der Waals surface area contributed by atoms with Gasteiger partial charge in [-0.05, 0) is 18.2 Å². The van der Waals surface area contributed by atoms with Crippen molar-refractivity contribution in [1.29, 1.82) is 0 Å². The standard InChI is InChI=1S/C22H27N3O4/c1-2-25-11-12-27-19(20(25)16-7-4-3-5-8-16)14-24-22(26)23-13-17-9-6-10-18-21(17)29-15-28-18/h3-10,19-20H,2,11-15H2,1H3,(H2,23,24,26)/t19-,20-/m0/s1. The van der Waals surface area contributed by atoms with Crippen molar-refractivity contribution in [3.8, 4) is 11.5 Å². The van der Waals surface area contributed by atoms with Crippen molar-refractivity contribution in [2.24, 2.45) is 0 Å². The molecule has 2 heterocycles. The van der Waals surface area contributed by atoms with Gasteiger partial charge in [-0.25, -0.2) is 4.79 Å². The van der Waals surface area contributed by atoms with Crippen molar-refractivity contribution >= 4 is 6.03 Å². The number of hydrogen-bond donors (Lipinski definition) is 2. The zero-order valence-corrected chi connectivity index (χ0v) is 16.6. The summed E-state index contributed by atoms with van der Waals surface area (Å²) in [5.74, 6) is 1.41. The Labute approximate surface area is 170 Å². The molecular weight excluding hydrogens is 370 g/mol. The summed E-state index contributed by atoms with van der Waals surface area (Å²) in [6, 6.07) is 15.9. The van der Waals surface area contributed by atoms with E-state index >= 15 is 0 Å². The first-order valence-electron chi connectivity index (χ1n) is 10.1. The fraction of sp³-hybridized carbons (Fsp3) is 0.409. The molecule has 0 radical (unpaired) electrons. The molecule has 7 nitrogen and oxygen atoms in total. The molecule has 0 aromatic heterocycles. The highest BCUT2D eigenvalue weighted by Crippen LogP contribution is 2.35. The molecule has 2 N–H and O–H groups in total. The third kappa shape index (κ3) is 4.46. The van der Waals surface area contributed by atoms with Gasteiger partial charge in [0.15, 0.2) is 11.5 Å². The normalized spacial score (nSPS) is 21.0. The number of carbonyl (C=O) groups excluding carboxylic acids is 1. The number of rotatable bonds is 6. The van der Waals surface area contributed by atoms with Gasteiger partial charge in [-0.1, -0.05) is 49.4 Å². The average molecular weight is 397 g/mol. The first kappa shape index (κ1) is 19.5. The second-order valence-corrected chi connectivity index (χ2v) is 7.11. The third-order valence-electron chi connectivity index (χ3n) is 5.38. The van der Waals surface area contributed by atoms with Gasteiger partial charge in [0.25, 0.3) is 0 Å². The zero-order valence-electron chi connectivity index (χ0n) is 16.6. The van der Waals surface area contributed by atoms with Crippen LogP contribution in [0.4, 0.5) is 4.79 Å². The summed E-state index contributed by atoms with van der Waals surface area (Å²) in [6.45, 7) is 5.67. The molecule has 154 valence electrons. The van der Waals surface area contributed by atoms with Crippen LogP contribution in [0, 0.1) is 0 Å². The third-order valence-corrected chi connectivity index (χ3v) is 5.38. The zero-order chi connectivity index (χ0) is 20.1. The van der Waals surface area contributed by atoms with E-state index in [4.69, 9.17) is 14.2 Å². The largest absolute Gasteiger partial charge is 0.454 e. The number of amides is 2. The Bertz CT molecular complexity index is 830. The maximum atomic E-state index is 12.4. The van der Waals surface area contributed by atoms with Gasteiger partial charge in [0, 0.05) is 25.2 Å². The summed E-state index contributed by atoms with van der Waals surface area (Å²) in [7, 11) is 0.